The Balaban J connectivity index is 2.70. The third kappa shape index (κ3) is 3.67. The lowest BCUT2D eigenvalue weighted by molar-refractivity contribution is 0.0924. The van der Waals surface area contributed by atoms with Crippen LogP contribution in [0.15, 0.2) is 18.2 Å². The summed E-state index contributed by atoms with van der Waals surface area (Å²) >= 11 is 2.07. The Morgan fingerprint density at radius 3 is 2.87 bits per heavy atom. The van der Waals surface area contributed by atoms with Gasteiger partial charge in [0.15, 0.2) is 0 Å². The molecule has 0 aliphatic rings. The van der Waals surface area contributed by atoms with Crippen molar-refractivity contribution in [2.45, 2.75) is 13.0 Å². The molecule has 1 amide bonds. The first-order chi connectivity index (χ1) is 7.00. The molecule has 0 aliphatic heterocycles. The van der Waals surface area contributed by atoms with Crippen molar-refractivity contribution in [3.63, 3.8) is 0 Å². The molecule has 4 N–H and O–H groups in total. The van der Waals surface area contributed by atoms with Gasteiger partial charge in [-0.3, -0.25) is 4.79 Å². The zero-order chi connectivity index (χ0) is 11.4. The summed E-state index contributed by atoms with van der Waals surface area (Å²) < 4.78 is 0.845. The molecule has 1 unspecified atom stereocenters. The number of carbonyl (C=O) groups is 1. The van der Waals surface area contributed by atoms with Crippen molar-refractivity contribution in [3.8, 4) is 0 Å². The molecule has 82 valence electrons. The number of halogens is 1. The highest BCUT2D eigenvalue weighted by atomic mass is 127. The first-order valence-electron chi connectivity index (χ1n) is 4.52. The largest absolute Gasteiger partial charge is 0.398 e. The number of amides is 1. The quantitative estimate of drug-likeness (QED) is 0.574. The molecule has 4 nitrogen and oxygen atoms in total. The molecule has 0 saturated heterocycles. The first-order valence-corrected chi connectivity index (χ1v) is 5.60. The summed E-state index contributed by atoms with van der Waals surface area (Å²) in [6, 6.07) is 5.07. The average molecular weight is 320 g/mol. The van der Waals surface area contributed by atoms with E-state index in [2.05, 4.69) is 27.9 Å². The lowest BCUT2D eigenvalue weighted by atomic mass is 10.2. The highest BCUT2D eigenvalue weighted by molar-refractivity contribution is 14.1. The van der Waals surface area contributed by atoms with Crippen LogP contribution in [0, 0.1) is 3.57 Å². The number of nitrogen functional groups attached to an aromatic ring is 1. The molecule has 0 aliphatic carbocycles. The van der Waals surface area contributed by atoms with Crippen LogP contribution < -0.4 is 11.1 Å². The number of anilines is 1. The Bertz CT molecular complexity index is 366. The Hall–Kier alpha value is -0.820. The van der Waals surface area contributed by atoms with E-state index in [1.807, 2.05) is 0 Å². The molecule has 0 heterocycles. The number of nitrogens with one attached hydrogen (secondary N) is 1. The molecule has 5 heteroatoms. The van der Waals surface area contributed by atoms with Crippen molar-refractivity contribution >= 4 is 34.2 Å². The van der Waals surface area contributed by atoms with E-state index in [1.54, 1.807) is 25.1 Å². The van der Waals surface area contributed by atoms with Gasteiger partial charge in [-0.2, -0.15) is 0 Å². The van der Waals surface area contributed by atoms with Gasteiger partial charge >= 0.3 is 0 Å². The molecule has 0 saturated carbocycles. The van der Waals surface area contributed by atoms with Gasteiger partial charge < -0.3 is 16.2 Å². The Kier molecular flexibility index (Phi) is 4.34. The summed E-state index contributed by atoms with van der Waals surface area (Å²) in [5, 5.41) is 11.6. The lowest BCUT2D eigenvalue weighted by Crippen LogP contribution is -2.30. The summed E-state index contributed by atoms with van der Waals surface area (Å²) in [4.78, 5) is 11.5. The van der Waals surface area contributed by atoms with Crippen LogP contribution in [0.25, 0.3) is 0 Å². The van der Waals surface area contributed by atoms with E-state index in [4.69, 9.17) is 10.8 Å². The number of hydrogen-bond donors (Lipinski definition) is 3. The van der Waals surface area contributed by atoms with Crippen LogP contribution in [0.4, 0.5) is 5.69 Å². The zero-order valence-electron chi connectivity index (χ0n) is 8.33. The lowest BCUT2D eigenvalue weighted by Gasteiger charge is -2.07. The number of hydrogen-bond acceptors (Lipinski definition) is 3. The van der Waals surface area contributed by atoms with Crippen molar-refractivity contribution in [2.24, 2.45) is 0 Å². The van der Waals surface area contributed by atoms with Crippen molar-refractivity contribution in [3.05, 3.63) is 27.3 Å². The summed E-state index contributed by atoms with van der Waals surface area (Å²) in [7, 11) is 0. The van der Waals surface area contributed by atoms with Gasteiger partial charge in [-0.15, -0.1) is 0 Å². The molecule has 1 rings (SSSR count). The van der Waals surface area contributed by atoms with Crippen molar-refractivity contribution in [1.82, 2.24) is 5.32 Å². The van der Waals surface area contributed by atoms with Gasteiger partial charge in [-0.25, -0.2) is 0 Å². The number of aliphatic hydroxyl groups is 1. The summed E-state index contributed by atoms with van der Waals surface area (Å²) in [5.41, 5.74) is 6.84. The van der Waals surface area contributed by atoms with Gasteiger partial charge in [-0.05, 0) is 47.7 Å². The van der Waals surface area contributed by atoms with Crippen LogP contribution in [-0.2, 0) is 0 Å². The minimum absolute atomic E-state index is 0.200. The predicted molar refractivity (Wildman–Crippen MR) is 67.6 cm³/mol. The number of benzene rings is 1. The van der Waals surface area contributed by atoms with Gasteiger partial charge in [0.1, 0.15) is 0 Å². The number of rotatable bonds is 3. The van der Waals surface area contributed by atoms with Gasteiger partial charge in [0.2, 0.25) is 0 Å². The summed E-state index contributed by atoms with van der Waals surface area (Å²) in [6.45, 7) is 1.87. The fourth-order valence-electron chi connectivity index (χ4n) is 1.01. The van der Waals surface area contributed by atoms with Crippen LogP contribution in [0.5, 0.6) is 0 Å². The molecule has 1 atom stereocenters. The van der Waals surface area contributed by atoms with Gasteiger partial charge in [0, 0.05) is 21.4 Å². The van der Waals surface area contributed by atoms with Gasteiger partial charge in [0.05, 0.1) is 6.10 Å². The van der Waals surface area contributed by atoms with Crippen LogP contribution in [-0.4, -0.2) is 23.7 Å². The molecule has 0 bridgehead atoms. The number of aliphatic hydroxyl groups excluding tert-OH is 1. The molecule has 0 spiro atoms. The first kappa shape index (κ1) is 12.3. The minimum Gasteiger partial charge on any atom is -0.398 e. The third-order valence-electron chi connectivity index (χ3n) is 1.82. The fourth-order valence-corrected chi connectivity index (χ4v) is 1.53. The molecular formula is C10H13IN2O2. The van der Waals surface area contributed by atoms with Crippen molar-refractivity contribution in [2.75, 3.05) is 12.3 Å². The molecule has 1 aromatic rings. The zero-order valence-corrected chi connectivity index (χ0v) is 10.5. The van der Waals surface area contributed by atoms with Crippen molar-refractivity contribution < 1.29 is 9.90 Å². The average Bonchev–Trinajstić information content (AvgIpc) is 2.18. The monoisotopic (exact) mass is 320 g/mol. The van der Waals surface area contributed by atoms with Crippen LogP contribution in [0.2, 0.25) is 0 Å². The molecule has 0 aromatic heterocycles. The maximum absolute atomic E-state index is 11.5. The van der Waals surface area contributed by atoms with Crippen LogP contribution in [0.1, 0.15) is 17.3 Å². The van der Waals surface area contributed by atoms with Crippen LogP contribution >= 0.6 is 22.6 Å². The second-order valence-electron chi connectivity index (χ2n) is 3.30. The maximum Gasteiger partial charge on any atom is 0.251 e. The molecule has 15 heavy (non-hydrogen) atoms. The van der Waals surface area contributed by atoms with E-state index in [-0.39, 0.29) is 12.5 Å². The Labute approximate surface area is 102 Å². The summed E-state index contributed by atoms with van der Waals surface area (Å²) in [6.07, 6.45) is -0.540. The molecular weight excluding hydrogens is 307 g/mol. The highest BCUT2D eigenvalue weighted by Gasteiger charge is 2.07. The van der Waals surface area contributed by atoms with Gasteiger partial charge in [0.25, 0.3) is 5.91 Å². The van der Waals surface area contributed by atoms with Gasteiger partial charge in [-0.1, -0.05) is 0 Å². The topological polar surface area (TPSA) is 75.3 Å². The van der Waals surface area contributed by atoms with E-state index in [1.165, 1.54) is 0 Å². The second kappa shape index (κ2) is 5.32. The Morgan fingerprint density at radius 2 is 2.33 bits per heavy atom. The third-order valence-corrected chi connectivity index (χ3v) is 2.75. The standard InChI is InChI=1S/C10H13IN2O2/c1-6(14)5-13-10(15)7-2-3-9(12)8(11)4-7/h2-4,6,14H,5,12H2,1H3,(H,13,15). The smallest absolute Gasteiger partial charge is 0.251 e. The fraction of sp³-hybridized carbons (Fsp3) is 0.300. The number of nitrogens with two attached hydrogens (primary N) is 1. The van der Waals surface area contributed by atoms with E-state index in [0.29, 0.717) is 11.3 Å². The normalized spacial score (nSPS) is 12.2. The maximum atomic E-state index is 11.5. The minimum atomic E-state index is -0.540. The Morgan fingerprint density at radius 1 is 1.67 bits per heavy atom. The van der Waals surface area contributed by atoms with Crippen LogP contribution in [0.3, 0.4) is 0 Å². The van der Waals surface area contributed by atoms with E-state index >= 15 is 0 Å². The van der Waals surface area contributed by atoms with E-state index < -0.39 is 6.10 Å². The molecule has 1 aromatic carbocycles. The summed E-state index contributed by atoms with van der Waals surface area (Å²) in [5.74, 6) is -0.200. The number of carbonyl (C=O) groups excluding carboxylic acids is 1. The molecule has 0 fully saturated rings. The predicted octanol–water partition coefficient (Wildman–Crippen LogP) is 0.984. The second-order valence-corrected chi connectivity index (χ2v) is 4.46. The van der Waals surface area contributed by atoms with E-state index in [9.17, 15) is 4.79 Å². The molecule has 0 radical (unpaired) electrons. The van der Waals surface area contributed by atoms with Crippen molar-refractivity contribution in [1.29, 1.82) is 0 Å². The SMILES string of the molecule is CC(O)CNC(=O)c1ccc(N)c(I)c1. The van der Waals surface area contributed by atoms with E-state index in [0.717, 1.165) is 3.57 Å². The highest BCUT2D eigenvalue weighted by Crippen LogP contribution is 2.16.